The Kier molecular flexibility index (Phi) is 3.60. The van der Waals surface area contributed by atoms with Crippen molar-refractivity contribution in [2.75, 3.05) is 0 Å². The van der Waals surface area contributed by atoms with E-state index in [0.717, 1.165) is 10.9 Å². The standard InChI is InChI=1S/C17H14N2O2/c1-12(14-7-4-5-11-18-14)21-17(20)16-10-9-13-6-2-3-8-15(13)19-16/h2-12H,1H3/t12-/m0/s1. The molecule has 21 heavy (non-hydrogen) atoms. The van der Waals surface area contributed by atoms with Crippen molar-refractivity contribution in [1.82, 2.24) is 9.97 Å². The number of pyridine rings is 2. The molecule has 0 fully saturated rings. The lowest BCUT2D eigenvalue weighted by atomic mass is 10.2. The van der Waals surface area contributed by atoms with E-state index in [4.69, 9.17) is 4.74 Å². The van der Waals surface area contributed by atoms with Gasteiger partial charge in [0.05, 0.1) is 11.2 Å². The van der Waals surface area contributed by atoms with Gasteiger partial charge in [-0.1, -0.05) is 30.3 Å². The Morgan fingerprint density at radius 2 is 1.86 bits per heavy atom. The summed E-state index contributed by atoms with van der Waals surface area (Å²) in [5.41, 5.74) is 1.79. The van der Waals surface area contributed by atoms with Gasteiger partial charge in [-0.2, -0.15) is 0 Å². The molecule has 0 saturated carbocycles. The SMILES string of the molecule is C[C@H](OC(=O)c1ccc2ccccc2n1)c1ccccn1. The van der Waals surface area contributed by atoms with E-state index in [2.05, 4.69) is 9.97 Å². The lowest BCUT2D eigenvalue weighted by Crippen LogP contribution is -2.11. The molecule has 0 amide bonds. The van der Waals surface area contributed by atoms with Gasteiger partial charge in [0.25, 0.3) is 0 Å². The molecule has 0 saturated heterocycles. The van der Waals surface area contributed by atoms with Crippen molar-refractivity contribution in [3.8, 4) is 0 Å². The highest BCUT2D eigenvalue weighted by Crippen LogP contribution is 2.17. The molecule has 4 heteroatoms. The van der Waals surface area contributed by atoms with Crippen LogP contribution in [0.3, 0.4) is 0 Å². The first kappa shape index (κ1) is 13.2. The molecule has 0 aliphatic rings. The van der Waals surface area contributed by atoms with Gasteiger partial charge in [0, 0.05) is 11.6 Å². The lowest BCUT2D eigenvalue weighted by molar-refractivity contribution is 0.0323. The highest BCUT2D eigenvalue weighted by atomic mass is 16.5. The molecule has 1 atom stereocenters. The fraction of sp³-hybridized carbons (Fsp3) is 0.118. The predicted octanol–water partition coefficient (Wildman–Crippen LogP) is 3.55. The Labute approximate surface area is 122 Å². The Morgan fingerprint density at radius 3 is 2.67 bits per heavy atom. The van der Waals surface area contributed by atoms with E-state index in [-0.39, 0.29) is 0 Å². The Hall–Kier alpha value is -2.75. The summed E-state index contributed by atoms with van der Waals surface area (Å²) in [5.74, 6) is -0.445. The van der Waals surface area contributed by atoms with Crippen molar-refractivity contribution in [3.05, 3.63) is 72.2 Å². The molecule has 0 aliphatic carbocycles. The van der Waals surface area contributed by atoms with Crippen molar-refractivity contribution < 1.29 is 9.53 Å². The van der Waals surface area contributed by atoms with E-state index < -0.39 is 12.1 Å². The number of benzene rings is 1. The third-order valence-electron chi connectivity index (χ3n) is 3.20. The molecule has 2 aromatic heterocycles. The van der Waals surface area contributed by atoms with Crippen LogP contribution < -0.4 is 0 Å². The fourth-order valence-electron chi connectivity index (χ4n) is 2.08. The molecule has 0 N–H and O–H groups in total. The smallest absolute Gasteiger partial charge is 0.357 e. The second-order valence-electron chi connectivity index (χ2n) is 4.69. The number of ether oxygens (including phenoxy) is 1. The van der Waals surface area contributed by atoms with Crippen molar-refractivity contribution in [3.63, 3.8) is 0 Å². The minimum atomic E-state index is -0.445. The first-order valence-corrected chi connectivity index (χ1v) is 6.72. The van der Waals surface area contributed by atoms with Gasteiger partial charge < -0.3 is 4.74 Å². The van der Waals surface area contributed by atoms with Crippen LogP contribution in [-0.2, 0) is 4.74 Å². The van der Waals surface area contributed by atoms with E-state index in [0.29, 0.717) is 11.4 Å². The highest BCUT2D eigenvalue weighted by molar-refractivity contribution is 5.91. The number of hydrogen-bond acceptors (Lipinski definition) is 4. The monoisotopic (exact) mass is 278 g/mol. The van der Waals surface area contributed by atoms with Crippen LogP contribution in [-0.4, -0.2) is 15.9 Å². The molecule has 2 heterocycles. The third kappa shape index (κ3) is 2.89. The summed E-state index contributed by atoms with van der Waals surface area (Å²) in [5, 5.41) is 0.992. The van der Waals surface area contributed by atoms with Crippen LogP contribution in [0.2, 0.25) is 0 Å². The quantitative estimate of drug-likeness (QED) is 0.687. The van der Waals surface area contributed by atoms with E-state index in [1.165, 1.54) is 0 Å². The Balaban J connectivity index is 1.80. The summed E-state index contributed by atoms with van der Waals surface area (Å²) in [7, 11) is 0. The molecule has 0 unspecified atom stereocenters. The summed E-state index contributed by atoms with van der Waals surface area (Å²) in [6, 6.07) is 16.7. The number of carbonyl (C=O) groups is 1. The van der Waals surface area contributed by atoms with Gasteiger partial charge in [-0.15, -0.1) is 0 Å². The van der Waals surface area contributed by atoms with Crippen molar-refractivity contribution >= 4 is 16.9 Å². The first-order chi connectivity index (χ1) is 10.2. The van der Waals surface area contributed by atoms with Crippen LogP contribution in [0, 0.1) is 0 Å². The Morgan fingerprint density at radius 1 is 1.05 bits per heavy atom. The molecule has 0 aliphatic heterocycles. The van der Waals surface area contributed by atoms with Gasteiger partial charge >= 0.3 is 5.97 Å². The van der Waals surface area contributed by atoms with Crippen LogP contribution in [0.4, 0.5) is 0 Å². The zero-order valence-corrected chi connectivity index (χ0v) is 11.6. The molecule has 0 bridgehead atoms. The van der Waals surface area contributed by atoms with Crippen molar-refractivity contribution in [2.45, 2.75) is 13.0 Å². The zero-order valence-electron chi connectivity index (χ0n) is 11.6. The summed E-state index contributed by atoms with van der Waals surface area (Å²) < 4.78 is 5.41. The van der Waals surface area contributed by atoms with Crippen LogP contribution >= 0.6 is 0 Å². The van der Waals surface area contributed by atoms with Crippen molar-refractivity contribution in [2.24, 2.45) is 0 Å². The topological polar surface area (TPSA) is 52.1 Å². The molecular formula is C17H14N2O2. The number of nitrogens with zero attached hydrogens (tertiary/aromatic N) is 2. The van der Waals surface area contributed by atoms with Gasteiger partial charge in [0.1, 0.15) is 11.8 Å². The lowest BCUT2D eigenvalue weighted by Gasteiger charge is -2.12. The van der Waals surface area contributed by atoms with Crippen LogP contribution in [0.5, 0.6) is 0 Å². The average Bonchev–Trinajstić information content (AvgIpc) is 2.55. The number of para-hydroxylation sites is 1. The molecule has 0 spiro atoms. The van der Waals surface area contributed by atoms with Gasteiger partial charge in [-0.05, 0) is 31.2 Å². The number of carbonyl (C=O) groups excluding carboxylic acids is 1. The maximum Gasteiger partial charge on any atom is 0.357 e. The largest absolute Gasteiger partial charge is 0.451 e. The molecule has 4 nitrogen and oxygen atoms in total. The summed E-state index contributed by atoms with van der Waals surface area (Å²) in [6.07, 6.45) is 1.26. The van der Waals surface area contributed by atoms with Gasteiger partial charge in [-0.3, -0.25) is 4.98 Å². The zero-order chi connectivity index (χ0) is 14.7. The number of fused-ring (bicyclic) bond motifs is 1. The maximum absolute atomic E-state index is 12.2. The number of rotatable bonds is 3. The number of esters is 1. The summed E-state index contributed by atoms with van der Waals surface area (Å²) in [4.78, 5) is 20.7. The molecular weight excluding hydrogens is 264 g/mol. The molecule has 3 aromatic rings. The average molecular weight is 278 g/mol. The second-order valence-corrected chi connectivity index (χ2v) is 4.69. The molecule has 0 radical (unpaired) electrons. The number of hydrogen-bond donors (Lipinski definition) is 0. The van der Waals surface area contributed by atoms with Gasteiger partial charge in [0.2, 0.25) is 0 Å². The van der Waals surface area contributed by atoms with Gasteiger partial charge in [0.15, 0.2) is 0 Å². The van der Waals surface area contributed by atoms with Crippen LogP contribution in [0.1, 0.15) is 29.2 Å². The van der Waals surface area contributed by atoms with E-state index in [1.807, 2.05) is 48.5 Å². The van der Waals surface area contributed by atoms with Crippen molar-refractivity contribution in [1.29, 1.82) is 0 Å². The molecule has 104 valence electrons. The normalized spacial score (nSPS) is 12.0. The minimum Gasteiger partial charge on any atom is -0.451 e. The minimum absolute atomic E-state index is 0.302. The third-order valence-corrected chi connectivity index (χ3v) is 3.20. The van der Waals surface area contributed by atoms with E-state index >= 15 is 0 Å². The first-order valence-electron chi connectivity index (χ1n) is 6.72. The Bertz CT molecular complexity index is 772. The van der Waals surface area contributed by atoms with Crippen LogP contribution in [0.25, 0.3) is 10.9 Å². The van der Waals surface area contributed by atoms with Crippen LogP contribution in [0.15, 0.2) is 60.8 Å². The predicted molar refractivity (Wildman–Crippen MR) is 79.8 cm³/mol. The van der Waals surface area contributed by atoms with Gasteiger partial charge in [-0.25, -0.2) is 9.78 Å². The highest BCUT2D eigenvalue weighted by Gasteiger charge is 2.15. The fourth-order valence-corrected chi connectivity index (χ4v) is 2.08. The summed E-state index contributed by atoms with van der Waals surface area (Å²) in [6.45, 7) is 1.79. The number of aromatic nitrogens is 2. The second kappa shape index (κ2) is 5.71. The van der Waals surface area contributed by atoms with E-state index in [1.54, 1.807) is 19.2 Å². The molecule has 3 rings (SSSR count). The summed E-state index contributed by atoms with van der Waals surface area (Å²) >= 11 is 0. The van der Waals surface area contributed by atoms with E-state index in [9.17, 15) is 4.79 Å². The molecule has 1 aromatic carbocycles. The maximum atomic E-state index is 12.2.